The number of carboxylic acid groups (broad SMARTS) is 1. The van der Waals surface area contributed by atoms with Crippen molar-refractivity contribution in [2.75, 3.05) is 0 Å². The first kappa shape index (κ1) is 21.3. The van der Waals surface area contributed by atoms with Crippen molar-refractivity contribution in [3.63, 3.8) is 0 Å². The Labute approximate surface area is 177 Å². The summed E-state index contributed by atoms with van der Waals surface area (Å²) in [5.74, 6) is -0.990. The summed E-state index contributed by atoms with van der Waals surface area (Å²) in [5, 5.41) is 20.1. The van der Waals surface area contributed by atoms with Crippen LogP contribution in [0, 0.1) is 16.2 Å². The molecule has 143 valence electrons. The Bertz CT molecular complexity index is 1100. The van der Waals surface area contributed by atoms with E-state index in [9.17, 15) is 14.9 Å². The summed E-state index contributed by atoms with van der Waals surface area (Å²) in [6.45, 7) is 0. The molecule has 2 aromatic heterocycles. The van der Waals surface area contributed by atoms with Crippen LogP contribution in [0.2, 0.25) is 0 Å². The summed E-state index contributed by atoms with van der Waals surface area (Å²) in [6.07, 6.45) is 1.45. The maximum Gasteiger partial charge on any atom is 0.354 e. The van der Waals surface area contributed by atoms with Gasteiger partial charge in [0.1, 0.15) is 5.69 Å². The normalized spacial score (nSPS) is 9.71. The molecule has 0 bridgehead atoms. The maximum absolute atomic E-state index is 10.8. The van der Waals surface area contributed by atoms with E-state index in [0.717, 1.165) is 15.8 Å². The van der Waals surface area contributed by atoms with Crippen LogP contribution in [0.1, 0.15) is 10.5 Å². The number of aromatic nitrogens is 2. The molecule has 28 heavy (non-hydrogen) atoms. The third-order valence-electron chi connectivity index (χ3n) is 3.51. The number of fused-ring (bicyclic) bond motifs is 1. The van der Waals surface area contributed by atoms with Crippen LogP contribution in [0.4, 0.5) is 5.69 Å². The minimum absolute atomic E-state index is 0. The Kier molecular flexibility index (Phi) is 7.45. The molecule has 0 unspecified atom stereocenters. The Morgan fingerprint density at radius 1 is 1.14 bits per heavy atom. The summed E-state index contributed by atoms with van der Waals surface area (Å²) in [6, 6.07) is 20.1. The fourth-order valence-corrected chi connectivity index (χ4v) is 3.06. The number of carboxylic acids is 1. The Hall–Kier alpha value is -3.00. The summed E-state index contributed by atoms with van der Waals surface area (Å²) in [7, 11) is 0. The van der Waals surface area contributed by atoms with Gasteiger partial charge in [0.05, 0.1) is 0 Å². The fourth-order valence-electron chi connectivity index (χ4n) is 2.27. The van der Waals surface area contributed by atoms with Gasteiger partial charge in [0.15, 0.2) is 5.69 Å². The van der Waals surface area contributed by atoms with E-state index in [4.69, 9.17) is 5.11 Å². The number of hydrogen-bond donors (Lipinski definition) is 1. The molecule has 0 amide bonds. The number of hydrogen-bond acceptors (Lipinski definition) is 6. The smallest absolute Gasteiger partial charge is 0.354 e. The predicted molar refractivity (Wildman–Crippen MR) is 102 cm³/mol. The number of nitrogens with zero attached hydrogens (tertiary/aromatic N) is 3. The van der Waals surface area contributed by atoms with Crippen molar-refractivity contribution in [1.29, 1.82) is 0 Å². The second-order valence-corrected chi connectivity index (χ2v) is 6.07. The Morgan fingerprint density at radius 3 is 2.54 bits per heavy atom. The molecule has 1 N–H and O–H groups in total. The van der Waals surface area contributed by atoms with Crippen LogP contribution in [0.5, 0.6) is 0 Å². The standard InChI is InChI=1S/C13H7N2O2S.C6H5NO2.Ir/c16-15(17)10-5-3-4-9(8-10)13-11-6-1-2-7-12(11)18-14-13;8-6(9)5-3-1-2-4-7-5;/h1-3,5-8H;1-4H,(H,8,9);/q-1;;. The first-order valence-corrected chi connectivity index (χ1v) is 8.49. The summed E-state index contributed by atoms with van der Waals surface area (Å²) < 4.78 is 5.42. The van der Waals surface area contributed by atoms with E-state index in [0.29, 0.717) is 5.56 Å². The van der Waals surface area contributed by atoms with Crippen molar-refractivity contribution in [3.8, 4) is 11.3 Å². The molecular formula is C19H12IrN3O4S-. The molecule has 0 aliphatic rings. The zero-order valence-corrected chi connectivity index (χ0v) is 17.3. The molecule has 2 aromatic carbocycles. The van der Waals surface area contributed by atoms with Crippen LogP contribution in [0.25, 0.3) is 21.3 Å². The number of carbonyl (C=O) groups is 1. The monoisotopic (exact) mass is 571 g/mol. The van der Waals surface area contributed by atoms with Crippen LogP contribution in [-0.4, -0.2) is 25.4 Å². The molecule has 0 saturated heterocycles. The SMILES string of the molecule is O=C(O)c1ccccn1.O=[N+]([O-])c1cc[c-]c(-c2nsc3ccccc23)c1.[Ir]. The molecule has 7 nitrogen and oxygen atoms in total. The second kappa shape index (κ2) is 9.80. The van der Waals surface area contributed by atoms with E-state index in [1.54, 1.807) is 18.2 Å². The van der Waals surface area contributed by atoms with E-state index >= 15 is 0 Å². The predicted octanol–water partition coefficient (Wildman–Crippen LogP) is 4.45. The van der Waals surface area contributed by atoms with Gasteiger partial charge >= 0.3 is 5.97 Å². The molecule has 9 heteroatoms. The van der Waals surface area contributed by atoms with Crippen molar-refractivity contribution in [1.82, 2.24) is 9.36 Å². The number of pyridine rings is 1. The molecule has 0 aliphatic heterocycles. The van der Waals surface area contributed by atoms with Gasteiger partial charge < -0.3 is 5.11 Å². The van der Waals surface area contributed by atoms with Crippen LogP contribution in [0.3, 0.4) is 0 Å². The minimum atomic E-state index is -0.990. The van der Waals surface area contributed by atoms with Crippen LogP contribution >= 0.6 is 11.5 Å². The van der Waals surface area contributed by atoms with Gasteiger partial charge in [-0.05, 0) is 35.1 Å². The fraction of sp³-hybridized carbons (Fsp3) is 0. The molecule has 0 spiro atoms. The second-order valence-electron chi connectivity index (χ2n) is 5.27. The van der Waals surface area contributed by atoms with Gasteiger partial charge in [-0.25, -0.2) is 14.2 Å². The third kappa shape index (κ3) is 5.04. The van der Waals surface area contributed by atoms with Crippen molar-refractivity contribution in [2.24, 2.45) is 0 Å². The third-order valence-corrected chi connectivity index (χ3v) is 4.34. The summed E-state index contributed by atoms with van der Waals surface area (Å²) in [5.41, 5.74) is 1.54. The maximum atomic E-state index is 10.8. The largest absolute Gasteiger partial charge is 0.477 e. The number of nitro benzene ring substituents is 1. The average molecular weight is 571 g/mol. The number of nitro groups is 1. The van der Waals surface area contributed by atoms with Crippen LogP contribution in [-0.2, 0) is 20.1 Å². The number of benzene rings is 2. The number of non-ortho nitro benzene ring substituents is 1. The molecule has 0 fully saturated rings. The molecule has 1 radical (unpaired) electrons. The van der Waals surface area contributed by atoms with Gasteiger partial charge in [0.2, 0.25) is 0 Å². The van der Waals surface area contributed by atoms with Gasteiger partial charge in [-0.1, -0.05) is 36.4 Å². The van der Waals surface area contributed by atoms with Crippen LogP contribution < -0.4 is 0 Å². The van der Waals surface area contributed by atoms with Gasteiger partial charge in [0, 0.05) is 41.6 Å². The van der Waals surface area contributed by atoms with Crippen molar-refractivity contribution >= 4 is 33.3 Å². The first-order valence-electron chi connectivity index (χ1n) is 7.71. The zero-order chi connectivity index (χ0) is 19.2. The zero-order valence-electron chi connectivity index (χ0n) is 14.1. The van der Waals surface area contributed by atoms with Crippen molar-refractivity contribution < 1.29 is 34.9 Å². The Balaban J connectivity index is 0.000000239. The van der Waals surface area contributed by atoms with E-state index in [1.807, 2.05) is 24.3 Å². The van der Waals surface area contributed by atoms with Gasteiger partial charge in [-0.15, -0.1) is 17.7 Å². The van der Waals surface area contributed by atoms with E-state index in [-0.39, 0.29) is 31.5 Å². The van der Waals surface area contributed by atoms with Gasteiger partial charge in [0.25, 0.3) is 0 Å². The summed E-state index contributed by atoms with van der Waals surface area (Å²) in [4.78, 5) is 24.1. The molecule has 4 aromatic rings. The molecule has 0 atom stereocenters. The van der Waals surface area contributed by atoms with E-state index in [1.165, 1.54) is 35.9 Å². The molecule has 4 rings (SSSR count). The molecule has 0 aliphatic carbocycles. The molecule has 0 saturated carbocycles. The van der Waals surface area contributed by atoms with Gasteiger partial charge in [-0.2, -0.15) is 0 Å². The van der Waals surface area contributed by atoms with Crippen LogP contribution in [0.15, 0.2) is 66.9 Å². The van der Waals surface area contributed by atoms with E-state index < -0.39 is 10.9 Å². The Morgan fingerprint density at radius 2 is 1.89 bits per heavy atom. The topological polar surface area (TPSA) is 106 Å². The number of rotatable bonds is 3. The van der Waals surface area contributed by atoms with Crippen molar-refractivity contribution in [2.45, 2.75) is 0 Å². The first-order chi connectivity index (χ1) is 13.1. The molecule has 2 heterocycles. The average Bonchev–Trinajstić information content (AvgIpc) is 3.13. The van der Waals surface area contributed by atoms with Crippen molar-refractivity contribution in [3.05, 3.63) is 88.7 Å². The molecular weight excluding hydrogens is 559 g/mol. The van der Waals surface area contributed by atoms with E-state index in [2.05, 4.69) is 15.4 Å². The number of aromatic carboxylic acids is 1. The summed E-state index contributed by atoms with van der Waals surface area (Å²) >= 11 is 1.38. The van der Waals surface area contributed by atoms with Gasteiger partial charge in [-0.3, -0.25) is 10.1 Å². The quantitative estimate of drug-likeness (QED) is 0.222. The minimum Gasteiger partial charge on any atom is -0.477 e.